The SMILES string of the molecule is C[C@H]1CNCCN1CC(=O)Nc1cccc(Cl)c1Cl. The van der Waals surface area contributed by atoms with E-state index in [0.717, 1.165) is 19.6 Å². The van der Waals surface area contributed by atoms with Crippen LogP contribution in [0.25, 0.3) is 0 Å². The minimum Gasteiger partial charge on any atom is -0.324 e. The van der Waals surface area contributed by atoms with E-state index >= 15 is 0 Å². The second-order valence-corrected chi connectivity index (χ2v) is 5.46. The van der Waals surface area contributed by atoms with Crippen LogP contribution in [0.1, 0.15) is 6.92 Å². The molecule has 0 saturated carbocycles. The Morgan fingerprint density at radius 2 is 2.32 bits per heavy atom. The van der Waals surface area contributed by atoms with Gasteiger partial charge in [-0.05, 0) is 19.1 Å². The van der Waals surface area contributed by atoms with Crippen LogP contribution in [-0.4, -0.2) is 43.0 Å². The fourth-order valence-electron chi connectivity index (χ4n) is 2.09. The van der Waals surface area contributed by atoms with Crippen molar-refractivity contribution in [1.29, 1.82) is 0 Å². The molecule has 0 aliphatic carbocycles. The summed E-state index contributed by atoms with van der Waals surface area (Å²) in [6, 6.07) is 5.55. The number of nitrogens with one attached hydrogen (secondary N) is 2. The van der Waals surface area contributed by atoms with Crippen LogP contribution in [0.5, 0.6) is 0 Å². The van der Waals surface area contributed by atoms with Crippen molar-refractivity contribution in [3.05, 3.63) is 28.2 Å². The van der Waals surface area contributed by atoms with Crippen LogP contribution in [0.4, 0.5) is 5.69 Å². The third kappa shape index (κ3) is 3.83. The molecule has 19 heavy (non-hydrogen) atoms. The topological polar surface area (TPSA) is 44.4 Å². The van der Waals surface area contributed by atoms with E-state index in [1.807, 2.05) is 0 Å². The van der Waals surface area contributed by atoms with Crippen molar-refractivity contribution in [2.45, 2.75) is 13.0 Å². The Hall–Kier alpha value is -0.810. The van der Waals surface area contributed by atoms with Crippen molar-refractivity contribution >= 4 is 34.8 Å². The van der Waals surface area contributed by atoms with Gasteiger partial charge in [-0.3, -0.25) is 9.69 Å². The Morgan fingerprint density at radius 3 is 3.05 bits per heavy atom. The predicted octanol–water partition coefficient (Wildman–Crippen LogP) is 2.23. The standard InChI is InChI=1S/C13H17Cl2N3O/c1-9-7-16-5-6-18(9)8-12(19)17-11-4-2-3-10(14)13(11)15/h2-4,9,16H,5-8H2,1H3,(H,17,19)/t9-/m0/s1. The third-order valence-electron chi connectivity index (χ3n) is 3.21. The fourth-order valence-corrected chi connectivity index (χ4v) is 2.44. The Labute approximate surface area is 123 Å². The van der Waals surface area contributed by atoms with Gasteiger partial charge < -0.3 is 10.6 Å². The van der Waals surface area contributed by atoms with Gasteiger partial charge in [0.05, 0.1) is 22.3 Å². The number of piperazine rings is 1. The van der Waals surface area contributed by atoms with Gasteiger partial charge in [-0.25, -0.2) is 0 Å². The minimum absolute atomic E-state index is 0.0714. The Morgan fingerprint density at radius 1 is 1.53 bits per heavy atom. The number of nitrogens with zero attached hydrogens (tertiary/aromatic N) is 1. The molecule has 1 amide bonds. The van der Waals surface area contributed by atoms with E-state index in [1.165, 1.54) is 0 Å². The summed E-state index contributed by atoms with van der Waals surface area (Å²) in [6.45, 7) is 5.16. The van der Waals surface area contributed by atoms with Crippen molar-refractivity contribution in [3.8, 4) is 0 Å². The maximum Gasteiger partial charge on any atom is 0.238 e. The normalized spacial score (nSPS) is 20.3. The number of hydrogen-bond donors (Lipinski definition) is 2. The van der Waals surface area contributed by atoms with Crippen molar-refractivity contribution in [2.75, 3.05) is 31.5 Å². The zero-order chi connectivity index (χ0) is 13.8. The molecule has 0 aromatic heterocycles. The molecule has 0 bridgehead atoms. The second kappa shape index (κ2) is 6.57. The molecule has 1 aliphatic rings. The molecule has 1 aliphatic heterocycles. The van der Waals surface area contributed by atoms with E-state index in [1.54, 1.807) is 18.2 Å². The molecule has 6 heteroatoms. The van der Waals surface area contributed by atoms with E-state index in [2.05, 4.69) is 22.5 Å². The smallest absolute Gasteiger partial charge is 0.238 e. The number of benzene rings is 1. The van der Waals surface area contributed by atoms with Gasteiger partial charge in [0.15, 0.2) is 0 Å². The third-order valence-corrected chi connectivity index (χ3v) is 4.03. The van der Waals surface area contributed by atoms with Gasteiger partial charge in [-0.1, -0.05) is 29.3 Å². The largest absolute Gasteiger partial charge is 0.324 e. The molecule has 2 rings (SSSR count). The molecule has 4 nitrogen and oxygen atoms in total. The predicted molar refractivity (Wildman–Crippen MR) is 79.0 cm³/mol. The van der Waals surface area contributed by atoms with Crippen LogP contribution < -0.4 is 10.6 Å². The molecule has 0 unspecified atom stereocenters. The van der Waals surface area contributed by atoms with Crippen LogP contribution in [0.2, 0.25) is 10.0 Å². The van der Waals surface area contributed by atoms with Crippen molar-refractivity contribution < 1.29 is 4.79 Å². The summed E-state index contributed by atoms with van der Waals surface area (Å²) < 4.78 is 0. The molecule has 1 aromatic rings. The fraction of sp³-hybridized carbons (Fsp3) is 0.462. The zero-order valence-corrected chi connectivity index (χ0v) is 12.3. The summed E-state index contributed by atoms with van der Waals surface area (Å²) in [7, 11) is 0. The van der Waals surface area contributed by atoms with Gasteiger partial charge in [-0.15, -0.1) is 0 Å². The quantitative estimate of drug-likeness (QED) is 0.900. The highest BCUT2D eigenvalue weighted by molar-refractivity contribution is 6.43. The first-order valence-electron chi connectivity index (χ1n) is 6.26. The van der Waals surface area contributed by atoms with Crippen molar-refractivity contribution in [1.82, 2.24) is 10.2 Å². The number of hydrogen-bond acceptors (Lipinski definition) is 3. The van der Waals surface area contributed by atoms with Gasteiger partial charge >= 0.3 is 0 Å². The average molecular weight is 302 g/mol. The van der Waals surface area contributed by atoms with Crippen molar-refractivity contribution in [3.63, 3.8) is 0 Å². The molecular weight excluding hydrogens is 285 g/mol. The van der Waals surface area contributed by atoms with Crippen molar-refractivity contribution in [2.24, 2.45) is 0 Å². The second-order valence-electron chi connectivity index (χ2n) is 4.67. The van der Waals surface area contributed by atoms with Gasteiger partial charge in [-0.2, -0.15) is 0 Å². The number of amides is 1. The molecule has 1 saturated heterocycles. The lowest BCUT2D eigenvalue weighted by Crippen LogP contribution is -2.51. The van der Waals surface area contributed by atoms with Crippen LogP contribution in [0.15, 0.2) is 18.2 Å². The van der Waals surface area contributed by atoms with E-state index in [9.17, 15) is 4.79 Å². The summed E-state index contributed by atoms with van der Waals surface area (Å²) in [5.41, 5.74) is 0.557. The van der Waals surface area contributed by atoms with Gasteiger partial charge in [0.2, 0.25) is 5.91 Å². The van der Waals surface area contributed by atoms with E-state index in [-0.39, 0.29) is 5.91 Å². The van der Waals surface area contributed by atoms with E-state index < -0.39 is 0 Å². The molecule has 1 atom stereocenters. The van der Waals surface area contributed by atoms with Gasteiger partial charge in [0.1, 0.15) is 0 Å². The van der Waals surface area contributed by atoms with E-state index in [0.29, 0.717) is 28.3 Å². The monoisotopic (exact) mass is 301 g/mol. The van der Waals surface area contributed by atoms with Crippen LogP contribution in [0.3, 0.4) is 0 Å². The highest BCUT2D eigenvalue weighted by Crippen LogP contribution is 2.29. The van der Waals surface area contributed by atoms with Crippen LogP contribution >= 0.6 is 23.2 Å². The Balaban J connectivity index is 1.95. The molecule has 1 heterocycles. The lowest BCUT2D eigenvalue weighted by atomic mass is 10.2. The van der Waals surface area contributed by atoms with Crippen LogP contribution in [0, 0.1) is 0 Å². The van der Waals surface area contributed by atoms with E-state index in [4.69, 9.17) is 23.2 Å². The minimum atomic E-state index is -0.0714. The maximum absolute atomic E-state index is 12.0. The van der Waals surface area contributed by atoms with Gasteiger partial charge in [0, 0.05) is 25.7 Å². The summed E-state index contributed by atoms with van der Waals surface area (Å²) in [5.74, 6) is -0.0714. The summed E-state index contributed by atoms with van der Waals surface area (Å²) in [5, 5.41) is 6.91. The van der Waals surface area contributed by atoms with Gasteiger partial charge in [0.25, 0.3) is 0 Å². The number of carbonyl (C=O) groups excluding carboxylic acids is 1. The lowest BCUT2D eigenvalue weighted by molar-refractivity contribution is -0.118. The van der Waals surface area contributed by atoms with Crippen LogP contribution in [-0.2, 0) is 4.79 Å². The average Bonchev–Trinajstić information content (AvgIpc) is 2.38. The molecule has 104 valence electrons. The number of carbonyl (C=O) groups is 1. The summed E-state index contributed by atoms with van der Waals surface area (Å²) in [6.07, 6.45) is 0. The summed E-state index contributed by atoms with van der Waals surface area (Å²) in [4.78, 5) is 14.2. The molecule has 1 fully saturated rings. The molecule has 1 aromatic carbocycles. The Kier molecular flexibility index (Phi) is 5.05. The first kappa shape index (κ1) is 14.6. The first-order chi connectivity index (χ1) is 9.08. The molecule has 0 spiro atoms. The molecule has 2 N–H and O–H groups in total. The Bertz CT molecular complexity index is 467. The maximum atomic E-state index is 12.0. The number of rotatable bonds is 3. The molecular formula is C13H17Cl2N3O. The highest BCUT2D eigenvalue weighted by Gasteiger charge is 2.20. The summed E-state index contributed by atoms with van der Waals surface area (Å²) >= 11 is 11.9. The number of anilines is 1. The zero-order valence-electron chi connectivity index (χ0n) is 10.7. The number of halogens is 2. The lowest BCUT2D eigenvalue weighted by Gasteiger charge is -2.33. The first-order valence-corrected chi connectivity index (χ1v) is 7.02. The highest BCUT2D eigenvalue weighted by atomic mass is 35.5. The molecule has 0 radical (unpaired) electrons.